The van der Waals surface area contributed by atoms with Crippen LogP contribution in [-0.4, -0.2) is 36.5 Å². The van der Waals surface area contributed by atoms with Crippen molar-refractivity contribution in [1.82, 2.24) is 10.6 Å². The lowest BCUT2D eigenvalue weighted by Gasteiger charge is -2.55. The predicted octanol–water partition coefficient (Wildman–Crippen LogP) is 1.92. The zero-order valence-electron chi connectivity index (χ0n) is 15.6. The molecule has 5 fully saturated rings. The Kier molecular flexibility index (Phi) is 4.70. The Balaban J connectivity index is 1.20. The van der Waals surface area contributed by atoms with Crippen LogP contribution in [-0.2, 0) is 19.1 Å². The smallest absolute Gasteiger partial charge is 0.308 e. The van der Waals surface area contributed by atoms with E-state index in [1.54, 1.807) is 6.92 Å². The Morgan fingerprint density at radius 3 is 2.15 bits per heavy atom. The van der Waals surface area contributed by atoms with Crippen LogP contribution in [0.2, 0.25) is 0 Å². The molecule has 2 amide bonds. The SMILES string of the molecule is C[C@@H](OC(=O)CCNC(=O)C12CC3CC(CC(C3)C1)C2)C(=O)NC1CC1. The molecule has 6 heteroatoms. The Morgan fingerprint density at radius 1 is 1.04 bits per heavy atom. The van der Waals surface area contributed by atoms with Crippen molar-refractivity contribution in [2.45, 2.75) is 76.9 Å². The molecule has 144 valence electrons. The molecule has 0 unspecified atom stereocenters. The third-order valence-electron chi connectivity index (χ3n) is 6.74. The first-order valence-electron chi connectivity index (χ1n) is 10.2. The van der Waals surface area contributed by atoms with Crippen LogP contribution in [0.1, 0.15) is 64.7 Å². The van der Waals surface area contributed by atoms with Gasteiger partial charge >= 0.3 is 5.97 Å². The van der Waals surface area contributed by atoms with E-state index in [1.165, 1.54) is 19.3 Å². The second-order valence-corrected chi connectivity index (χ2v) is 9.12. The molecule has 0 aromatic rings. The van der Waals surface area contributed by atoms with Crippen LogP contribution >= 0.6 is 0 Å². The molecular weight excluding hydrogens is 332 g/mol. The lowest BCUT2D eigenvalue weighted by Crippen LogP contribution is -2.53. The lowest BCUT2D eigenvalue weighted by atomic mass is 9.49. The van der Waals surface area contributed by atoms with E-state index in [0.29, 0.717) is 0 Å². The van der Waals surface area contributed by atoms with Gasteiger partial charge in [-0.05, 0) is 76.0 Å². The Hall–Kier alpha value is -1.59. The van der Waals surface area contributed by atoms with Crippen molar-refractivity contribution in [3.05, 3.63) is 0 Å². The Bertz CT molecular complexity index is 563. The van der Waals surface area contributed by atoms with E-state index >= 15 is 0 Å². The highest BCUT2D eigenvalue weighted by Crippen LogP contribution is 2.60. The first kappa shape index (κ1) is 17.8. The summed E-state index contributed by atoms with van der Waals surface area (Å²) in [5, 5.41) is 5.80. The molecule has 5 saturated carbocycles. The summed E-state index contributed by atoms with van der Waals surface area (Å²) in [5.74, 6) is 1.63. The van der Waals surface area contributed by atoms with Gasteiger partial charge in [0.05, 0.1) is 6.42 Å². The molecule has 1 atom stereocenters. The molecule has 2 N–H and O–H groups in total. The number of nitrogens with one attached hydrogen (secondary N) is 2. The van der Waals surface area contributed by atoms with Gasteiger partial charge in [0.2, 0.25) is 5.91 Å². The lowest BCUT2D eigenvalue weighted by molar-refractivity contribution is -0.155. The highest BCUT2D eigenvalue weighted by molar-refractivity contribution is 5.85. The number of amides is 2. The summed E-state index contributed by atoms with van der Waals surface area (Å²) < 4.78 is 5.17. The van der Waals surface area contributed by atoms with Gasteiger partial charge in [-0.1, -0.05) is 0 Å². The first-order chi connectivity index (χ1) is 12.4. The first-order valence-corrected chi connectivity index (χ1v) is 10.2. The molecule has 0 saturated heterocycles. The average Bonchev–Trinajstić information content (AvgIpc) is 3.37. The van der Waals surface area contributed by atoms with Crippen LogP contribution in [0.3, 0.4) is 0 Å². The van der Waals surface area contributed by atoms with Gasteiger partial charge in [0, 0.05) is 18.0 Å². The fourth-order valence-electron chi connectivity index (χ4n) is 5.71. The number of esters is 1. The Morgan fingerprint density at radius 2 is 1.62 bits per heavy atom. The summed E-state index contributed by atoms with van der Waals surface area (Å²) in [4.78, 5) is 36.6. The number of hydrogen-bond donors (Lipinski definition) is 2. The molecule has 5 rings (SSSR count). The summed E-state index contributed by atoms with van der Waals surface area (Å²) in [6.45, 7) is 1.88. The number of ether oxygens (including phenoxy) is 1. The van der Waals surface area contributed by atoms with Crippen LogP contribution in [0, 0.1) is 23.2 Å². The molecule has 0 spiro atoms. The van der Waals surface area contributed by atoms with Crippen molar-refractivity contribution in [3.8, 4) is 0 Å². The van der Waals surface area contributed by atoms with E-state index < -0.39 is 12.1 Å². The third-order valence-corrected chi connectivity index (χ3v) is 6.74. The van der Waals surface area contributed by atoms with E-state index in [4.69, 9.17) is 4.74 Å². The molecule has 6 nitrogen and oxygen atoms in total. The molecule has 0 aromatic carbocycles. The van der Waals surface area contributed by atoms with Crippen LogP contribution in [0.25, 0.3) is 0 Å². The van der Waals surface area contributed by atoms with E-state index in [-0.39, 0.29) is 36.2 Å². The number of carbonyl (C=O) groups is 3. The van der Waals surface area contributed by atoms with E-state index in [0.717, 1.165) is 49.9 Å². The van der Waals surface area contributed by atoms with Gasteiger partial charge in [-0.25, -0.2) is 0 Å². The van der Waals surface area contributed by atoms with Crippen LogP contribution in [0.15, 0.2) is 0 Å². The van der Waals surface area contributed by atoms with Crippen LogP contribution in [0.4, 0.5) is 0 Å². The summed E-state index contributed by atoms with van der Waals surface area (Å²) in [7, 11) is 0. The molecule has 0 radical (unpaired) electrons. The van der Waals surface area contributed by atoms with Gasteiger partial charge in [0.15, 0.2) is 6.10 Å². The third kappa shape index (κ3) is 3.74. The highest BCUT2D eigenvalue weighted by atomic mass is 16.5. The minimum atomic E-state index is -0.776. The van der Waals surface area contributed by atoms with Crippen molar-refractivity contribution in [3.63, 3.8) is 0 Å². The number of carbonyl (C=O) groups excluding carboxylic acids is 3. The van der Waals surface area contributed by atoms with Gasteiger partial charge < -0.3 is 15.4 Å². The predicted molar refractivity (Wildman–Crippen MR) is 95.0 cm³/mol. The van der Waals surface area contributed by atoms with Crippen LogP contribution < -0.4 is 10.6 Å². The largest absolute Gasteiger partial charge is 0.452 e. The molecule has 0 heterocycles. The fourth-order valence-corrected chi connectivity index (χ4v) is 5.71. The maximum Gasteiger partial charge on any atom is 0.308 e. The van der Waals surface area contributed by atoms with Gasteiger partial charge in [0.1, 0.15) is 0 Å². The quantitative estimate of drug-likeness (QED) is 0.678. The average molecular weight is 362 g/mol. The standard InChI is InChI=1S/C20H30N2O4/c1-12(18(24)22-16-2-3-16)26-17(23)4-5-21-19(25)20-9-13-6-14(10-20)8-15(7-13)11-20/h12-16H,2-11H2,1H3,(H,21,25)(H,22,24)/t12-,13?,14?,15?,20?/m1/s1. The zero-order valence-corrected chi connectivity index (χ0v) is 15.6. The van der Waals surface area contributed by atoms with Gasteiger partial charge in [-0.2, -0.15) is 0 Å². The summed E-state index contributed by atoms with van der Waals surface area (Å²) in [6.07, 6.45) is 8.32. The van der Waals surface area contributed by atoms with Gasteiger partial charge in [-0.3, -0.25) is 14.4 Å². The molecular formula is C20H30N2O4. The van der Waals surface area contributed by atoms with Crippen molar-refractivity contribution >= 4 is 17.8 Å². The maximum atomic E-state index is 12.8. The molecule has 5 aliphatic rings. The van der Waals surface area contributed by atoms with E-state index in [1.807, 2.05) is 0 Å². The monoisotopic (exact) mass is 362 g/mol. The van der Waals surface area contributed by atoms with E-state index in [2.05, 4.69) is 10.6 Å². The minimum absolute atomic E-state index is 0.110. The maximum absolute atomic E-state index is 12.8. The summed E-state index contributed by atoms with van der Waals surface area (Å²) >= 11 is 0. The summed E-state index contributed by atoms with van der Waals surface area (Å²) in [5.41, 5.74) is -0.184. The van der Waals surface area contributed by atoms with Gasteiger partial charge in [0.25, 0.3) is 5.91 Å². The molecule has 26 heavy (non-hydrogen) atoms. The van der Waals surface area contributed by atoms with Crippen molar-refractivity contribution in [1.29, 1.82) is 0 Å². The number of hydrogen-bond acceptors (Lipinski definition) is 4. The van der Waals surface area contributed by atoms with Crippen molar-refractivity contribution in [2.24, 2.45) is 23.2 Å². The molecule has 5 aliphatic carbocycles. The highest BCUT2D eigenvalue weighted by Gasteiger charge is 2.54. The topological polar surface area (TPSA) is 84.5 Å². The zero-order chi connectivity index (χ0) is 18.3. The van der Waals surface area contributed by atoms with Crippen molar-refractivity contribution in [2.75, 3.05) is 6.54 Å². The minimum Gasteiger partial charge on any atom is -0.452 e. The fraction of sp³-hybridized carbons (Fsp3) is 0.850. The molecule has 4 bridgehead atoms. The van der Waals surface area contributed by atoms with Gasteiger partial charge in [-0.15, -0.1) is 0 Å². The molecule has 0 aromatic heterocycles. The van der Waals surface area contributed by atoms with Crippen molar-refractivity contribution < 1.29 is 19.1 Å². The number of rotatable bonds is 7. The second kappa shape index (κ2) is 6.86. The Labute approximate surface area is 154 Å². The second-order valence-electron chi connectivity index (χ2n) is 9.12. The van der Waals surface area contributed by atoms with E-state index in [9.17, 15) is 14.4 Å². The van der Waals surface area contributed by atoms with Crippen LogP contribution in [0.5, 0.6) is 0 Å². The summed E-state index contributed by atoms with van der Waals surface area (Å²) in [6, 6.07) is 0.253. The molecule has 0 aliphatic heterocycles. The normalized spacial score (nSPS) is 35.7.